The second-order valence-corrected chi connectivity index (χ2v) is 7.31. The predicted molar refractivity (Wildman–Crippen MR) is 124 cm³/mol. The number of aryl methyl sites for hydroxylation is 1. The number of carbonyl (C=O) groups is 1. The van der Waals surface area contributed by atoms with Gasteiger partial charge in [-0.1, -0.05) is 30.3 Å². The Hall–Kier alpha value is -4.13. The lowest BCUT2D eigenvalue weighted by atomic mass is 10.1. The van der Waals surface area contributed by atoms with Crippen LogP contribution in [0.1, 0.15) is 21.6 Å². The second-order valence-electron chi connectivity index (χ2n) is 7.31. The van der Waals surface area contributed by atoms with E-state index in [1.54, 1.807) is 55.1 Å². The van der Waals surface area contributed by atoms with Crippen molar-refractivity contribution in [2.75, 3.05) is 19.5 Å². The normalized spacial score (nSPS) is 10.7. The van der Waals surface area contributed by atoms with E-state index in [0.29, 0.717) is 45.9 Å². The fraction of sp³-hybridized carbons (Fsp3) is 0.160. The first-order valence-corrected chi connectivity index (χ1v) is 10.1. The Bertz CT molecular complexity index is 1350. The molecule has 1 N–H and O–H groups in total. The number of carbonyl (C=O) groups excluding carboxylic acids is 1. The minimum Gasteiger partial charge on any atom is -0.493 e. The van der Waals surface area contributed by atoms with Crippen LogP contribution in [0.5, 0.6) is 11.5 Å². The van der Waals surface area contributed by atoms with E-state index in [-0.39, 0.29) is 11.5 Å². The molecule has 0 saturated carbocycles. The highest BCUT2D eigenvalue weighted by Gasteiger charge is 2.15. The molecular formula is C25H23N3O4. The van der Waals surface area contributed by atoms with E-state index in [1.165, 1.54) is 7.11 Å². The molecule has 0 saturated heterocycles. The van der Waals surface area contributed by atoms with Gasteiger partial charge < -0.3 is 19.4 Å². The van der Waals surface area contributed by atoms with Crippen molar-refractivity contribution in [2.24, 2.45) is 0 Å². The largest absolute Gasteiger partial charge is 0.493 e. The van der Waals surface area contributed by atoms with Crippen molar-refractivity contribution in [3.63, 3.8) is 0 Å². The molecule has 2 heterocycles. The van der Waals surface area contributed by atoms with E-state index in [9.17, 15) is 9.59 Å². The zero-order chi connectivity index (χ0) is 22.7. The van der Waals surface area contributed by atoms with Gasteiger partial charge >= 0.3 is 0 Å². The lowest BCUT2D eigenvalue weighted by Gasteiger charge is -2.12. The fourth-order valence-electron chi connectivity index (χ4n) is 3.55. The number of rotatable bonds is 6. The molecule has 0 fully saturated rings. The molecule has 0 aliphatic rings. The van der Waals surface area contributed by atoms with Gasteiger partial charge in [-0.05, 0) is 36.8 Å². The molecule has 0 atom stereocenters. The third-order valence-corrected chi connectivity index (χ3v) is 5.23. The third-order valence-electron chi connectivity index (χ3n) is 5.23. The van der Waals surface area contributed by atoms with Gasteiger partial charge in [-0.3, -0.25) is 14.6 Å². The Kier molecular flexibility index (Phi) is 5.89. The highest BCUT2D eigenvalue weighted by atomic mass is 16.5. The van der Waals surface area contributed by atoms with E-state index in [2.05, 4.69) is 10.3 Å². The summed E-state index contributed by atoms with van der Waals surface area (Å²) < 4.78 is 12.1. The molecule has 2 aromatic carbocycles. The number of aromatic nitrogens is 2. The maximum absolute atomic E-state index is 13.1. The Balaban J connectivity index is 1.68. The quantitative estimate of drug-likeness (QED) is 0.501. The lowest BCUT2D eigenvalue weighted by Crippen LogP contribution is -2.22. The Morgan fingerprint density at radius 2 is 1.75 bits per heavy atom. The van der Waals surface area contributed by atoms with Crippen LogP contribution < -0.4 is 20.3 Å². The maximum Gasteiger partial charge on any atom is 0.260 e. The summed E-state index contributed by atoms with van der Waals surface area (Å²) in [6, 6.07) is 18.2. The number of hydrogen-bond acceptors (Lipinski definition) is 5. The van der Waals surface area contributed by atoms with Gasteiger partial charge in [0.2, 0.25) is 0 Å². The van der Waals surface area contributed by atoms with Crippen LogP contribution in [0.15, 0.2) is 71.7 Å². The number of pyridine rings is 2. The van der Waals surface area contributed by atoms with Gasteiger partial charge in [0.05, 0.1) is 42.9 Å². The van der Waals surface area contributed by atoms with Crippen molar-refractivity contribution in [1.29, 1.82) is 0 Å². The zero-order valence-electron chi connectivity index (χ0n) is 18.1. The molecule has 32 heavy (non-hydrogen) atoms. The fourth-order valence-corrected chi connectivity index (χ4v) is 3.55. The standard InChI is InChI=1S/C25H23N3O4/c1-16-19(24(29)27-18-9-10-22(31-2)23(13-18)32-3)14-20-21(26-16)11-12-28(25(20)30)15-17-7-5-4-6-8-17/h4-14H,15H2,1-3H3,(H,27,29). The Morgan fingerprint density at radius 3 is 2.47 bits per heavy atom. The molecule has 7 heteroatoms. The zero-order valence-corrected chi connectivity index (χ0v) is 18.1. The van der Waals surface area contributed by atoms with Crippen LogP contribution >= 0.6 is 0 Å². The van der Waals surface area contributed by atoms with Gasteiger partial charge in [0.15, 0.2) is 11.5 Å². The number of anilines is 1. The number of benzene rings is 2. The molecule has 2 aromatic heterocycles. The van der Waals surface area contributed by atoms with Gasteiger partial charge in [-0.15, -0.1) is 0 Å². The van der Waals surface area contributed by atoms with Crippen molar-refractivity contribution < 1.29 is 14.3 Å². The molecule has 0 aliphatic heterocycles. The SMILES string of the molecule is COc1ccc(NC(=O)c2cc3c(=O)n(Cc4ccccc4)ccc3nc2C)cc1OC. The molecular weight excluding hydrogens is 406 g/mol. The Morgan fingerprint density at radius 1 is 1.00 bits per heavy atom. The number of ether oxygens (including phenoxy) is 2. The van der Waals surface area contributed by atoms with E-state index in [1.807, 2.05) is 30.3 Å². The smallest absolute Gasteiger partial charge is 0.260 e. The van der Waals surface area contributed by atoms with Crippen LogP contribution in [0.25, 0.3) is 10.9 Å². The van der Waals surface area contributed by atoms with Crippen molar-refractivity contribution in [1.82, 2.24) is 9.55 Å². The number of methoxy groups -OCH3 is 2. The summed E-state index contributed by atoms with van der Waals surface area (Å²) in [4.78, 5) is 30.6. The van der Waals surface area contributed by atoms with Gasteiger partial charge in [0.1, 0.15) is 0 Å². The number of hydrogen-bond donors (Lipinski definition) is 1. The van der Waals surface area contributed by atoms with Crippen molar-refractivity contribution in [2.45, 2.75) is 13.5 Å². The van der Waals surface area contributed by atoms with Gasteiger partial charge in [0, 0.05) is 18.0 Å². The summed E-state index contributed by atoms with van der Waals surface area (Å²) in [7, 11) is 3.08. The molecule has 0 bridgehead atoms. The van der Waals surface area contributed by atoms with Crippen molar-refractivity contribution in [3.05, 3.63) is 94.0 Å². The number of nitrogens with zero attached hydrogens (tertiary/aromatic N) is 2. The molecule has 0 unspecified atom stereocenters. The van der Waals surface area contributed by atoms with E-state index >= 15 is 0 Å². The first-order valence-electron chi connectivity index (χ1n) is 10.1. The summed E-state index contributed by atoms with van der Waals surface area (Å²) in [5, 5.41) is 3.24. The first kappa shape index (κ1) is 21.1. The monoisotopic (exact) mass is 429 g/mol. The predicted octanol–water partition coefficient (Wildman–Crippen LogP) is 4.02. The van der Waals surface area contributed by atoms with Crippen LogP contribution in [0.3, 0.4) is 0 Å². The molecule has 0 radical (unpaired) electrons. The van der Waals surface area contributed by atoms with Crippen LogP contribution in [0.2, 0.25) is 0 Å². The number of fused-ring (bicyclic) bond motifs is 1. The summed E-state index contributed by atoms with van der Waals surface area (Å²) in [6.45, 7) is 2.19. The van der Waals surface area contributed by atoms with Crippen molar-refractivity contribution in [3.8, 4) is 11.5 Å². The molecule has 0 spiro atoms. The molecule has 0 aliphatic carbocycles. The van der Waals surface area contributed by atoms with Crippen LogP contribution in [-0.2, 0) is 6.54 Å². The Labute approximate surface area is 185 Å². The van der Waals surface area contributed by atoms with Crippen LogP contribution in [0, 0.1) is 6.92 Å². The molecule has 4 rings (SSSR count). The summed E-state index contributed by atoms with van der Waals surface area (Å²) in [5.74, 6) is 0.706. The van der Waals surface area contributed by atoms with Gasteiger partial charge in [0.25, 0.3) is 11.5 Å². The average Bonchev–Trinajstić information content (AvgIpc) is 2.81. The number of nitrogens with one attached hydrogen (secondary N) is 1. The van der Waals surface area contributed by atoms with Gasteiger partial charge in [-0.2, -0.15) is 0 Å². The third kappa shape index (κ3) is 4.18. The highest BCUT2D eigenvalue weighted by Crippen LogP contribution is 2.30. The molecule has 1 amide bonds. The topological polar surface area (TPSA) is 82.5 Å². The summed E-state index contributed by atoms with van der Waals surface area (Å²) in [6.07, 6.45) is 1.73. The highest BCUT2D eigenvalue weighted by molar-refractivity contribution is 6.06. The van der Waals surface area contributed by atoms with Crippen LogP contribution in [0.4, 0.5) is 5.69 Å². The maximum atomic E-state index is 13.1. The lowest BCUT2D eigenvalue weighted by molar-refractivity contribution is 0.102. The minimum atomic E-state index is -0.359. The van der Waals surface area contributed by atoms with E-state index < -0.39 is 0 Å². The van der Waals surface area contributed by atoms with Gasteiger partial charge in [-0.25, -0.2) is 0 Å². The van der Waals surface area contributed by atoms with E-state index in [4.69, 9.17) is 9.47 Å². The average molecular weight is 429 g/mol. The van der Waals surface area contributed by atoms with Crippen LogP contribution in [-0.4, -0.2) is 29.7 Å². The molecule has 4 aromatic rings. The molecule has 7 nitrogen and oxygen atoms in total. The van der Waals surface area contributed by atoms with E-state index in [0.717, 1.165) is 5.56 Å². The first-order chi connectivity index (χ1) is 15.5. The summed E-state index contributed by atoms with van der Waals surface area (Å²) >= 11 is 0. The number of amides is 1. The molecule has 162 valence electrons. The second kappa shape index (κ2) is 8.93. The summed E-state index contributed by atoms with van der Waals surface area (Å²) in [5.41, 5.74) is 2.79. The van der Waals surface area contributed by atoms with Crippen molar-refractivity contribution >= 4 is 22.5 Å². The minimum absolute atomic E-state index is 0.195.